The first-order valence-corrected chi connectivity index (χ1v) is 19.1. The van der Waals surface area contributed by atoms with E-state index in [2.05, 4.69) is 24.1 Å². The van der Waals surface area contributed by atoms with E-state index in [0.29, 0.717) is 34.4 Å². The highest BCUT2D eigenvalue weighted by Crippen LogP contribution is 2.26. The molecule has 9 heteroatoms. The highest BCUT2D eigenvalue weighted by Gasteiger charge is 2.23. The summed E-state index contributed by atoms with van der Waals surface area (Å²) in [6.45, 7) is 9.31. The number of aromatic nitrogens is 2. The largest absolute Gasteiger partial charge is 0.462 e. The summed E-state index contributed by atoms with van der Waals surface area (Å²) < 4.78 is 6.96. The van der Waals surface area contributed by atoms with Crippen LogP contribution in [-0.2, 0) is 16.6 Å². The average Bonchev–Trinajstić information content (AvgIpc) is 3.15. The predicted octanol–water partition coefficient (Wildman–Crippen LogP) is 9.62. The van der Waals surface area contributed by atoms with Gasteiger partial charge in [0.15, 0.2) is 11.5 Å². The van der Waals surface area contributed by atoms with Gasteiger partial charge in [-0.1, -0.05) is 95.8 Å². The molecular formula is C43H57N5O4. The number of para-hydroxylation sites is 1. The minimum Gasteiger partial charge on any atom is -0.462 e. The topological polar surface area (TPSA) is 106 Å². The SMILES string of the molecule is CCCCCCCCCCCCCCOC(=O)c1ccc(C)c(NC(=O)C(=Nc2ccc(N(C)CC)cc2C)c2nc3ccccc3c(=O)n2C)c1. The van der Waals surface area contributed by atoms with Gasteiger partial charge in [-0.2, -0.15) is 0 Å². The molecular weight excluding hydrogens is 651 g/mol. The van der Waals surface area contributed by atoms with Crippen molar-refractivity contribution >= 4 is 45.6 Å². The maximum atomic E-state index is 14.2. The van der Waals surface area contributed by atoms with E-state index in [4.69, 9.17) is 14.7 Å². The van der Waals surface area contributed by atoms with Gasteiger partial charge in [0.2, 0.25) is 0 Å². The molecule has 4 rings (SSSR count). The monoisotopic (exact) mass is 707 g/mol. The number of amides is 1. The molecule has 52 heavy (non-hydrogen) atoms. The molecule has 0 saturated carbocycles. The van der Waals surface area contributed by atoms with Crippen LogP contribution in [0.4, 0.5) is 17.1 Å². The number of hydrogen-bond donors (Lipinski definition) is 1. The fourth-order valence-electron chi connectivity index (χ4n) is 6.19. The molecule has 0 aliphatic heterocycles. The quantitative estimate of drug-likeness (QED) is 0.0557. The van der Waals surface area contributed by atoms with Crippen LogP contribution in [0.15, 0.2) is 70.5 Å². The molecule has 1 N–H and O–H groups in total. The van der Waals surface area contributed by atoms with E-state index in [1.165, 1.54) is 62.4 Å². The Balaban J connectivity index is 1.45. The second-order valence-corrected chi connectivity index (χ2v) is 13.8. The molecule has 1 heterocycles. The second kappa shape index (κ2) is 20.3. The summed E-state index contributed by atoms with van der Waals surface area (Å²) in [6.07, 6.45) is 14.9. The number of aryl methyl sites for hydroxylation is 2. The zero-order valence-corrected chi connectivity index (χ0v) is 32.1. The first kappa shape index (κ1) is 40.0. The van der Waals surface area contributed by atoms with Crippen LogP contribution in [0.25, 0.3) is 10.9 Å². The van der Waals surface area contributed by atoms with E-state index < -0.39 is 11.9 Å². The first-order chi connectivity index (χ1) is 25.1. The van der Waals surface area contributed by atoms with E-state index in [1.807, 2.05) is 39.1 Å². The highest BCUT2D eigenvalue weighted by molar-refractivity contribution is 6.48. The number of aliphatic imine (C=N–C) groups is 1. The summed E-state index contributed by atoms with van der Waals surface area (Å²) in [7, 11) is 3.60. The lowest BCUT2D eigenvalue weighted by Gasteiger charge is -2.18. The van der Waals surface area contributed by atoms with E-state index in [9.17, 15) is 14.4 Å². The summed E-state index contributed by atoms with van der Waals surface area (Å²) in [5, 5.41) is 3.40. The zero-order valence-electron chi connectivity index (χ0n) is 32.1. The van der Waals surface area contributed by atoms with Crippen molar-refractivity contribution in [2.45, 2.75) is 105 Å². The molecule has 0 fully saturated rings. The van der Waals surface area contributed by atoms with Crippen LogP contribution in [0.2, 0.25) is 0 Å². The van der Waals surface area contributed by atoms with Gasteiger partial charge in [0, 0.05) is 32.0 Å². The number of nitrogens with one attached hydrogen (secondary N) is 1. The van der Waals surface area contributed by atoms with Crippen LogP contribution in [0.1, 0.15) is 118 Å². The van der Waals surface area contributed by atoms with E-state index in [-0.39, 0.29) is 17.1 Å². The van der Waals surface area contributed by atoms with E-state index in [1.54, 1.807) is 49.5 Å². The molecule has 278 valence electrons. The van der Waals surface area contributed by atoms with Gasteiger partial charge in [-0.3, -0.25) is 14.2 Å². The number of carbonyl (C=O) groups is 2. The molecule has 9 nitrogen and oxygen atoms in total. The van der Waals surface area contributed by atoms with Gasteiger partial charge >= 0.3 is 5.97 Å². The highest BCUT2D eigenvalue weighted by atomic mass is 16.5. The van der Waals surface area contributed by atoms with Crippen LogP contribution in [-0.4, -0.2) is 47.3 Å². The van der Waals surface area contributed by atoms with Gasteiger partial charge in [-0.15, -0.1) is 0 Å². The Morgan fingerprint density at radius 3 is 2.13 bits per heavy atom. The number of esters is 1. The lowest BCUT2D eigenvalue weighted by atomic mass is 10.1. The third-order valence-corrected chi connectivity index (χ3v) is 9.69. The summed E-state index contributed by atoms with van der Waals surface area (Å²) in [4.78, 5) is 52.2. The van der Waals surface area contributed by atoms with Crippen molar-refractivity contribution in [1.82, 2.24) is 9.55 Å². The normalized spacial score (nSPS) is 11.5. The molecule has 0 saturated heterocycles. The van der Waals surface area contributed by atoms with Crippen molar-refractivity contribution in [2.75, 3.05) is 30.4 Å². The van der Waals surface area contributed by atoms with Crippen molar-refractivity contribution < 1.29 is 14.3 Å². The number of hydrogen-bond acceptors (Lipinski definition) is 7. The smallest absolute Gasteiger partial charge is 0.338 e. The zero-order chi connectivity index (χ0) is 37.5. The van der Waals surface area contributed by atoms with Crippen LogP contribution >= 0.6 is 0 Å². The van der Waals surface area contributed by atoms with Crippen molar-refractivity contribution in [2.24, 2.45) is 12.0 Å². The number of ether oxygens (including phenoxy) is 1. The average molecular weight is 708 g/mol. The Morgan fingerprint density at radius 2 is 1.48 bits per heavy atom. The fraction of sp³-hybridized carbons (Fsp3) is 0.465. The predicted molar refractivity (Wildman–Crippen MR) is 214 cm³/mol. The summed E-state index contributed by atoms with van der Waals surface area (Å²) >= 11 is 0. The maximum absolute atomic E-state index is 14.2. The maximum Gasteiger partial charge on any atom is 0.338 e. The minimum atomic E-state index is -0.558. The third-order valence-electron chi connectivity index (χ3n) is 9.69. The molecule has 0 bridgehead atoms. The Labute approximate surface area is 309 Å². The van der Waals surface area contributed by atoms with Crippen molar-refractivity contribution in [3.8, 4) is 0 Å². The molecule has 3 aromatic carbocycles. The molecule has 0 aliphatic carbocycles. The van der Waals surface area contributed by atoms with E-state index in [0.717, 1.165) is 42.6 Å². The summed E-state index contributed by atoms with van der Waals surface area (Å²) in [5.74, 6) is -0.859. The Bertz CT molecular complexity index is 1900. The standard InChI is InChI=1S/C43H57N5O4/c1-7-9-10-11-12-13-14-15-16-17-18-21-28-52-43(51)33-25-24-31(3)38(30-33)46-41(49)39(44-36-27-26-34(29-32(36)4)47(5)8-2)40-45-37-23-20-19-22-35(37)42(50)48(40)6/h19-20,22-27,29-30H,7-18,21,28H2,1-6H3,(H,46,49). The van der Waals surface area contributed by atoms with Gasteiger partial charge < -0.3 is 15.0 Å². The molecule has 0 aliphatic rings. The molecule has 0 radical (unpaired) electrons. The minimum absolute atomic E-state index is 0.0237. The molecule has 0 atom stereocenters. The lowest BCUT2D eigenvalue weighted by molar-refractivity contribution is -0.110. The van der Waals surface area contributed by atoms with Gasteiger partial charge in [0.25, 0.3) is 11.5 Å². The number of anilines is 2. The summed E-state index contributed by atoms with van der Waals surface area (Å²) in [6, 6.07) is 18.0. The molecule has 0 unspecified atom stereocenters. The Hall–Kier alpha value is -4.79. The number of nitrogens with zero attached hydrogens (tertiary/aromatic N) is 4. The van der Waals surface area contributed by atoms with Crippen LogP contribution in [0.3, 0.4) is 0 Å². The second-order valence-electron chi connectivity index (χ2n) is 13.8. The van der Waals surface area contributed by atoms with Crippen molar-refractivity contribution in [3.63, 3.8) is 0 Å². The number of unbranched alkanes of at least 4 members (excludes halogenated alkanes) is 11. The number of benzene rings is 3. The number of carbonyl (C=O) groups excluding carboxylic acids is 2. The van der Waals surface area contributed by atoms with Gasteiger partial charge in [0.05, 0.1) is 28.8 Å². The van der Waals surface area contributed by atoms with E-state index >= 15 is 0 Å². The fourth-order valence-corrected chi connectivity index (χ4v) is 6.19. The van der Waals surface area contributed by atoms with Crippen molar-refractivity contribution in [3.05, 3.63) is 93.5 Å². The van der Waals surface area contributed by atoms with Gasteiger partial charge in [0.1, 0.15) is 0 Å². The molecule has 1 aromatic heterocycles. The van der Waals surface area contributed by atoms with Gasteiger partial charge in [-0.25, -0.2) is 14.8 Å². The number of fused-ring (bicyclic) bond motifs is 1. The first-order valence-electron chi connectivity index (χ1n) is 19.1. The Morgan fingerprint density at radius 1 is 0.827 bits per heavy atom. The van der Waals surface area contributed by atoms with Crippen molar-refractivity contribution in [1.29, 1.82) is 0 Å². The van der Waals surface area contributed by atoms with Crippen LogP contribution in [0, 0.1) is 13.8 Å². The molecule has 1 amide bonds. The van der Waals surface area contributed by atoms with Crippen LogP contribution < -0.4 is 15.8 Å². The lowest BCUT2D eigenvalue weighted by Crippen LogP contribution is -2.32. The van der Waals surface area contributed by atoms with Gasteiger partial charge in [-0.05, 0) is 80.8 Å². The molecule has 4 aromatic rings. The number of rotatable bonds is 20. The third kappa shape index (κ3) is 11.1. The summed E-state index contributed by atoms with van der Waals surface area (Å²) in [5.41, 5.74) is 4.17. The molecule has 0 spiro atoms. The Kier molecular flexibility index (Phi) is 15.6. The van der Waals surface area contributed by atoms with Crippen LogP contribution in [0.5, 0.6) is 0 Å².